The quantitative estimate of drug-likeness (QED) is 0.650. The Kier molecular flexibility index (Phi) is 6.37. The van der Waals surface area contributed by atoms with Crippen LogP contribution in [0.4, 0.5) is 0 Å². The zero-order chi connectivity index (χ0) is 19.2. The molecule has 0 bridgehead atoms. The molecule has 0 spiro atoms. The van der Waals surface area contributed by atoms with Crippen molar-refractivity contribution in [3.63, 3.8) is 0 Å². The number of hydrogen-bond donors (Lipinski definition) is 0. The maximum absolute atomic E-state index is 12.5. The van der Waals surface area contributed by atoms with Crippen molar-refractivity contribution in [2.75, 3.05) is 19.7 Å². The summed E-state index contributed by atoms with van der Waals surface area (Å²) >= 11 is 0. The second-order valence-electron chi connectivity index (χ2n) is 8.02. The lowest BCUT2D eigenvalue weighted by atomic mass is 10.0. The highest BCUT2D eigenvalue weighted by Crippen LogP contribution is 2.31. The fourth-order valence-electron chi connectivity index (χ4n) is 4.24. The third-order valence-corrected chi connectivity index (χ3v) is 5.89. The fourth-order valence-corrected chi connectivity index (χ4v) is 4.24. The molecule has 1 saturated heterocycles. The predicted molar refractivity (Wildman–Crippen MR) is 105 cm³/mol. The minimum absolute atomic E-state index is 0.166. The molecule has 1 aliphatic carbocycles. The Morgan fingerprint density at radius 1 is 1.18 bits per heavy atom. The van der Waals surface area contributed by atoms with Gasteiger partial charge in [-0.3, -0.25) is 4.79 Å². The normalized spacial score (nSPS) is 20.1. The molecule has 6 heteroatoms. The largest absolute Gasteiger partial charge is 0.376 e. The molecule has 1 atom stereocenters. The van der Waals surface area contributed by atoms with Crippen LogP contribution in [0.1, 0.15) is 61.7 Å². The van der Waals surface area contributed by atoms with Crippen LogP contribution in [0.5, 0.6) is 0 Å². The van der Waals surface area contributed by atoms with Gasteiger partial charge in [-0.05, 0) is 30.7 Å². The molecule has 1 saturated carbocycles. The zero-order valence-electron chi connectivity index (χ0n) is 16.4. The van der Waals surface area contributed by atoms with Gasteiger partial charge in [-0.15, -0.1) is 0 Å². The van der Waals surface area contributed by atoms with E-state index < -0.39 is 0 Å². The molecule has 0 radical (unpaired) electrons. The van der Waals surface area contributed by atoms with Crippen LogP contribution in [0, 0.1) is 5.92 Å². The van der Waals surface area contributed by atoms with E-state index in [1.807, 2.05) is 35.2 Å². The number of amides is 1. The van der Waals surface area contributed by atoms with Gasteiger partial charge in [-0.1, -0.05) is 48.3 Å². The Balaban J connectivity index is 1.20. The average Bonchev–Trinajstić information content (AvgIpc) is 3.47. The molecule has 2 heterocycles. The van der Waals surface area contributed by atoms with Crippen LogP contribution in [0.2, 0.25) is 0 Å². The van der Waals surface area contributed by atoms with Gasteiger partial charge < -0.3 is 14.2 Å². The highest BCUT2D eigenvalue weighted by molar-refractivity contribution is 5.76. The van der Waals surface area contributed by atoms with E-state index in [2.05, 4.69) is 10.1 Å². The Labute approximate surface area is 166 Å². The minimum Gasteiger partial charge on any atom is -0.376 e. The molecule has 1 amide bonds. The molecule has 0 N–H and O–H groups in total. The van der Waals surface area contributed by atoms with E-state index in [1.165, 1.54) is 25.7 Å². The van der Waals surface area contributed by atoms with E-state index in [9.17, 15) is 4.79 Å². The number of carbonyl (C=O) groups excluding carboxylic acids is 1. The third kappa shape index (κ3) is 4.98. The molecule has 1 aliphatic heterocycles. The Morgan fingerprint density at radius 3 is 2.82 bits per heavy atom. The molecule has 1 aromatic carbocycles. The highest BCUT2D eigenvalue weighted by atomic mass is 16.5. The first-order valence-corrected chi connectivity index (χ1v) is 10.5. The highest BCUT2D eigenvalue weighted by Gasteiger charge is 2.32. The van der Waals surface area contributed by atoms with E-state index in [0.717, 1.165) is 18.5 Å². The summed E-state index contributed by atoms with van der Waals surface area (Å²) in [5.41, 5.74) is 1.16. The number of likely N-dealkylation sites (tertiary alicyclic amines) is 1. The van der Waals surface area contributed by atoms with Gasteiger partial charge in [0.15, 0.2) is 5.82 Å². The van der Waals surface area contributed by atoms with Gasteiger partial charge in [0, 0.05) is 25.9 Å². The molecule has 2 aromatic rings. The summed E-state index contributed by atoms with van der Waals surface area (Å²) in [5, 5.41) is 4.09. The summed E-state index contributed by atoms with van der Waals surface area (Å²) < 4.78 is 11.2. The maximum Gasteiger partial charge on any atom is 0.231 e. The molecule has 6 nitrogen and oxygen atoms in total. The first-order valence-electron chi connectivity index (χ1n) is 10.5. The van der Waals surface area contributed by atoms with Gasteiger partial charge in [-0.25, -0.2) is 0 Å². The van der Waals surface area contributed by atoms with Crippen molar-refractivity contribution in [3.8, 4) is 0 Å². The van der Waals surface area contributed by atoms with Crippen molar-refractivity contribution in [1.82, 2.24) is 15.0 Å². The van der Waals surface area contributed by atoms with E-state index in [-0.39, 0.29) is 5.92 Å². The summed E-state index contributed by atoms with van der Waals surface area (Å²) in [6.07, 6.45) is 7.22. The minimum atomic E-state index is 0.166. The van der Waals surface area contributed by atoms with E-state index in [0.29, 0.717) is 56.1 Å². The number of aromatic nitrogens is 2. The van der Waals surface area contributed by atoms with Gasteiger partial charge in [0.2, 0.25) is 11.8 Å². The Bertz CT molecular complexity index is 755. The molecule has 150 valence electrons. The second-order valence-corrected chi connectivity index (χ2v) is 8.02. The number of benzene rings is 1. The van der Waals surface area contributed by atoms with Crippen molar-refractivity contribution in [2.45, 2.75) is 57.5 Å². The fraction of sp³-hybridized carbons (Fsp3) is 0.591. The summed E-state index contributed by atoms with van der Waals surface area (Å²) in [7, 11) is 0. The Hall–Kier alpha value is -2.21. The molecular weight excluding hydrogens is 354 g/mol. The monoisotopic (exact) mass is 383 g/mol. The zero-order valence-corrected chi connectivity index (χ0v) is 16.4. The van der Waals surface area contributed by atoms with Gasteiger partial charge in [0.1, 0.15) is 0 Å². The lowest BCUT2D eigenvalue weighted by Gasteiger charge is -2.18. The number of rotatable bonds is 8. The smallest absolute Gasteiger partial charge is 0.231 e. The topological polar surface area (TPSA) is 68.5 Å². The molecule has 1 aromatic heterocycles. The molecule has 28 heavy (non-hydrogen) atoms. The second kappa shape index (κ2) is 9.32. The number of ether oxygens (including phenoxy) is 1. The van der Waals surface area contributed by atoms with Gasteiger partial charge >= 0.3 is 0 Å². The third-order valence-electron chi connectivity index (χ3n) is 5.89. The summed E-state index contributed by atoms with van der Waals surface area (Å²) in [6.45, 7) is 2.66. The SMILES string of the molecule is O=C(CC1CCCC1)N1CCC(c2nc(CCOCc3ccccc3)no2)C1. The molecule has 2 aliphatic rings. The van der Waals surface area contributed by atoms with Gasteiger partial charge in [0.05, 0.1) is 19.1 Å². The van der Waals surface area contributed by atoms with Crippen LogP contribution in [-0.4, -0.2) is 40.6 Å². The van der Waals surface area contributed by atoms with Crippen molar-refractivity contribution in [3.05, 3.63) is 47.6 Å². The van der Waals surface area contributed by atoms with Crippen LogP contribution in [0.15, 0.2) is 34.9 Å². The van der Waals surface area contributed by atoms with Crippen molar-refractivity contribution < 1.29 is 14.1 Å². The molecule has 1 unspecified atom stereocenters. The number of carbonyl (C=O) groups is 1. The van der Waals surface area contributed by atoms with Crippen molar-refractivity contribution in [2.24, 2.45) is 5.92 Å². The van der Waals surface area contributed by atoms with E-state index in [1.54, 1.807) is 0 Å². The molecule has 2 fully saturated rings. The first kappa shape index (κ1) is 19.1. The van der Waals surface area contributed by atoms with E-state index in [4.69, 9.17) is 9.26 Å². The van der Waals surface area contributed by atoms with Crippen LogP contribution < -0.4 is 0 Å². The van der Waals surface area contributed by atoms with Gasteiger partial charge in [-0.2, -0.15) is 4.98 Å². The summed E-state index contributed by atoms with van der Waals surface area (Å²) in [6, 6.07) is 10.1. The Morgan fingerprint density at radius 2 is 2.00 bits per heavy atom. The molecule has 4 rings (SSSR count). The van der Waals surface area contributed by atoms with E-state index >= 15 is 0 Å². The summed E-state index contributed by atoms with van der Waals surface area (Å²) in [4.78, 5) is 19.0. The van der Waals surface area contributed by atoms with Crippen molar-refractivity contribution >= 4 is 5.91 Å². The lowest BCUT2D eigenvalue weighted by molar-refractivity contribution is -0.131. The van der Waals surface area contributed by atoms with Crippen LogP contribution >= 0.6 is 0 Å². The number of hydrogen-bond acceptors (Lipinski definition) is 5. The van der Waals surface area contributed by atoms with Crippen molar-refractivity contribution in [1.29, 1.82) is 0 Å². The summed E-state index contributed by atoms with van der Waals surface area (Å²) in [5.74, 6) is 2.40. The van der Waals surface area contributed by atoms with Gasteiger partial charge in [0.25, 0.3) is 0 Å². The number of nitrogens with zero attached hydrogens (tertiary/aromatic N) is 3. The standard InChI is InChI=1S/C22H29N3O3/c26-21(14-17-6-4-5-7-17)25-12-10-19(15-25)22-23-20(24-28-22)11-13-27-16-18-8-2-1-3-9-18/h1-3,8-9,17,19H,4-7,10-16H2. The first-order chi connectivity index (χ1) is 13.8. The van der Waals surface area contributed by atoms with Crippen LogP contribution in [0.3, 0.4) is 0 Å². The van der Waals surface area contributed by atoms with Crippen LogP contribution in [-0.2, 0) is 22.6 Å². The maximum atomic E-state index is 12.5. The van der Waals surface area contributed by atoms with Crippen LogP contribution in [0.25, 0.3) is 0 Å². The average molecular weight is 383 g/mol. The molecular formula is C22H29N3O3. The lowest BCUT2D eigenvalue weighted by Crippen LogP contribution is -2.29. The predicted octanol–water partition coefficient (Wildman–Crippen LogP) is 3.73.